The van der Waals surface area contributed by atoms with Crippen LogP contribution in [0.4, 0.5) is 5.69 Å². The Morgan fingerprint density at radius 3 is 2.51 bits per heavy atom. The molecule has 0 radical (unpaired) electrons. The lowest BCUT2D eigenvalue weighted by molar-refractivity contribution is -0.138. The molecule has 8 heteroatoms. The smallest absolute Gasteiger partial charge is 0.348 e. The van der Waals surface area contributed by atoms with Gasteiger partial charge >= 0.3 is 5.97 Å². The molecule has 1 unspecified atom stereocenters. The number of allylic oxidation sites excluding steroid dienone is 2. The minimum atomic E-state index is -1.13. The van der Waals surface area contributed by atoms with Crippen molar-refractivity contribution in [2.75, 3.05) is 31.2 Å². The SMILES string of the molecule is CC[C@@H](C(=O)N1CCOCC1)N(C(=O)C1CC=C(C)CC1)c1cc(C#CC(C)(C)C)sc1C(=O)O. The number of amides is 2. The first kappa shape index (κ1) is 27.0. The average molecular weight is 501 g/mol. The molecule has 2 amide bonds. The summed E-state index contributed by atoms with van der Waals surface area (Å²) in [5.41, 5.74) is 1.26. The van der Waals surface area contributed by atoms with E-state index in [9.17, 15) is 19.5 Å². The molecular weight excluding hydrogens is 464 g/mol. The van der Waals surface area contributed by atoms with Crippen LogP contribution in [0.1, 0.15) is 74.9 Å². The second-order valence-electron chi connectivity index (χ2n) is 10.2. The van der Waals surface area contributed by atoms with Crippen LogP contribution in [-0.2, 0) is 14.3 Å². The van der Waals surface area contributed by atoms with Gasteiger partial charge in [0, 0.05) is 24.4 Å². The summed E-state index contributed by atoms with van der Waals surface area (Å²) in [5, 5.41) is 10.0. The standard InChI is InChI=1S/C27H36N2O5S/c1-6-21(25(31)28-13-15-34-16-14-28)29(24(30)19-9-7-18(2)8-10-19)22-17-20(11-12-27(3,4)5)35-23(22)26(32)33/h7,17,19,21H,6,8-10,13-16H2,1-5H3,(H,32,33)/t19?,21-/m0/s1. The van der Waals surface area contributed by atoms with E-state index in [-0.39, 0.29) is 33.7 Å². The van der Waals surface area contributed by atoms with Crippen molar-refractivity contribution in [2.45, 2.75) is 66.3 Å². The minimum absolute atomic E-state index is 0.0346. The summed E-state index contributed by atoms with van der Waals surface area (Å²) in [4.78, 5) is 43.7. The number of thiophene rings is 1. The van der Waals surface area contributed by atoms with E-state index >= 15 is 0 Å². The number of rotatable bonds is 6. The van der Waals surface area contributed by atoms with Crippen LogP contribution < -0.4 is 4.90 Å². The van der Waals surface area contributed by atoms with Gasteiger partial charge in [-0.2, -0.15) is 0 Å². The second kappa shape index (κ2) is 11.4. The monoisotopic (exact) mass is 500 g/mol. The average Bonchev–Trinajstić information content (AvgIpc) is 3.25. The molecular formula is C27H36N2O5S. The van der Waals surface area contributed by atoms with Gasteiger partial charge in [-0.1, -0.05) is 30.4 Å². The highest BCUT2D eigenvalue weighted by Crippen LogP contribution is 2.36. The van der Waals surface area contributed by atoms with Gasteiger partial charge < -0.3 is 14.7 Å². The first-order chi connectivity index (χ1) is 16.5. The van der Waals surface area contributed by atoms with Crippen molar-refractivity contribution >= 4 is 34.8 Å². The Hall–Kier alpha value is -2.63. The summed E-state index contributed by atoms with van der Waals surface area (Å²) >= 11 is 1.05. The Morgan fingerprint density at radius 2 is 1.97 bits per heavy atom. The third kappa shape index (κ3) is 6.74. The highest BCUT2D eigenvalue weighted by Gasteiger charge is 2.39. The number of carboxylic acid groups (broad SMARTS) is 1. The molecule has 7 nitrogen and oxygen atoms in total. The van der Waals surface area contributed by atoms with Gasteiger partial charge in [0.2, 0.25) is 11.8 Å². The molecule has 0 aromatic carbocycles. The summed E-state index contributed by atoms with van der Waals surface area (Å²) in [5.74, 6) is 4.43. The summed E-state index contributed by atoms with van der Waals surface area (Å²) in [6, 6.07) is 0.882. The molecule has 1 aromatic rings. The fraction of sp³-hybridized carbons (Fsp3) is 0.593. The molecule has 190 valence electrons. The van der Waals surface area contributed by atoms with Crippen molar-refractivity contribution < 1.29 is 24.2 Å². The molecule has 2 heterocycles. The van der Waals surface area contributed by atoms with Crippen LogP contribution >= 0.6 is 11.3 Å². The number of hydrogen-bond acceptors (Lipinski definition) is 5. The lowest BCUT2D eigenvalue weighted by Crippen LogP contribution is -2.55. The van der Waals surface area contributed by atoms with Crippen LogP contribution in [-0.4, -0.2) is 60.1 Å². The van der Waals surface area contributed by atoms with E-state index in [4.69, 9.17) is 4.74 Å². The van der Waals surface area contributed by atoms with E-state index in [2.05, 4.69) is 24.8 Å². The van der Waals surface area contributed by atoms with Gasteiger partial charge in [-0.15, -0.1) is 11.3 Å². The highest BCUT2D eigenvalue weighted by molar-refractivity contribution is 7.15. The maximum atomic E-state index is 14.0. The van der Waals surface area contributed by atoms with Crippen LogP contribution in [0.2, 0.25) is 0 Å². The Kier molecular flexibility index (Phi) is 8.79. The third-order valence-electron chi connectivity index (χ3n) is 6.26. The lowest BCUT2D eigenvalue weighted by atomic mass is 9.88. The molecule has 0 saturated carbocycles. The number of hydrogen-bond donors (Lipinski definition) is 1. The largest absolute Gasteiger partial charge is 0.477 e. The van der Waals surface area contributed by atoms with E-state index in [0.717, 1.165) is 17.8 Å². The van der Waals surface area contributed by atoms with E-state index in [0.29, 0.717) is 50.4 Å². The number of nitrogens with zero attached hydrogens (tertiary/aromatic N) is 2. The van der Waals surface area contributed by atoms with Gasteiger partial charge in [0.1, 0.15) is 10.9 Å². The van der Waals surface area contributed by atoms with Gasteiger partial charge in [-0.25, -0.2) is 4.79 Å². The third-order valence-corrected chi connectivity index (χ3v) is 7.29. The van der Waals surface area contributed by atoms with E-state index in [1.807, 2.05) is 27.7 Å². The second-order valence-corrected chi connectivity index (χ2v) is 11.3. The molecule has 1 aliphatic heterocycles. The van der Waals surface area contributed by atoms with Crippen molar-refractivity contribution in [3.05, 3.63) is 27.5 Å². The van der Waals surface area contributed by atoms with Crippen LogP contribution in [0.5, 0.6) is 0 Å². The first-order valence-electron chi connectivity index (χ1n) is 12.3. The summed E-state index contributed by atoms with van der Waals surface area (Å²) in [6.45, 7) is 11.7. The zero-order valence-corrected chi connectivity index (χ0v) is 22.2. The van der Waals surface area contributed by atoms with Gasteiger partial charge in [0.25, 0.3) is 0 Å². The summed E-state index contributed by atoms with van der Waals surface area (Å²) < 4.78 is 5.40. The quantitative estimate of drug-likeness (QED) is 0.457. The van der Waals surface area contributed by atoms with Crippen molar-refractivity contribution in [1.29, 1.82) is 0 Å². The Morgan fingerprint density at radius 1 is 1.29 bits per heavy atom. The number of carbonyl (C=O) groups is 3. The maximum Gasteiger partial charge on any atom is 0.348 e. The molecule has 1 saturated heterocycles. The first-order valence-corrected chi connectivity index (χ1v) is 13.1. The highest BCUT2D eigenvalue weighted by atomic mass is 32.1. The van der Waals surface area contributed by atoms with Crippen molar-refractivity contribution in [2.24, 2.45) is 11.3 Å². The topological polar surface area (TPSA) is 87.2 Å². The fourth-order valence-electron chi connectivity index (χ4n) is 4.31. The van der Waals surface area contributed by atoms with Crippen LogP contribution in [0.3, 0.4) is 0 Å². The molecule has 0 bridgehead atoms. The number of morpholine rings is 1. The number of ether oxygens (including phenoxy) is 1. The molecule has 2 aliphatic rings. The van der Waals surface area contributed by atoms with E-state index < -0.39 is 12.0 Å². The minimum Gasteiger partial charge on any atom is -0.477 e. The molecule has 2 atom stereocenters. The van der Waals surface area contributed by atoms with Crippen LogP contribution in [0.25, 0.3) is 0 Å². The molecule has 1 aromatic heterocycles. The Balaban J connectivity index is 2.09. The molecule has 35 heavy (non-hydrogen) atoms. The molecule has 1 N–H and O–H groups in total. The Bertz CT molecular complexity index is 1050. The predicted octanol–water partition coefficient (Wildman–Crippen LogP) is 4.56. The number of carboxylic acids is 1. The zero-order valence-electron chi connectivity index (χ0n) is 21.3. The Labute approximate surface area is 212 Å². The van der Waals surface area contributed by atoms with E-state index in [1.165, 1.54) is 10.5 Å². The van der Waals surface area contributed by atoms with Gasteiger partial charge in [-0.05, 0) is 59.4 Å². The number of aromatic carboxylic acids is 1. The molecule has 3 rings (SSSR count). The summed E-state index contributed by atoms with van der Waals surface area (Å²) in [6.07, 6.45) is 4.54. The molecule has 1 fully saturated rings. The van der Waals surface area contributed by atoms with Gasteiger partial charge in [0.15, 0.2) is 0 Å². The lowest BCUT2D eigenvalue weighted by Gasteiger charge is -2.37. The van der Waals surface area contributed by atoms with Crippen LogP contribution in [0, 0.1) is 23.2 Å². The predicted molar refractivity (Wildman–Crippen MR) is 138 cm³/mol. The van der Waals surface area contributed by atoms with Crippen molar-refractivity contribution in [3.63, 3.8) is 0 Å². The van der Waals surface area contributed by atoms with Gasteiger partial charge in [0.05, 0.1) is 23.8 Å². The normalized spacial score (nSPS) is 19.3. The van der Waals surface area contributed by atoms with Gasteiger partial charge in [-0.3, -0.25) is 14.5 Å². The van der Waals surface area contributed by atoms with E-state index in [1.54, 1.807) is 11.0 Å². The van der Waals surface area contributed by atoms with Crippen LogP contribution in [0.15, 0.2) is 17.7 Å². The fourth-order valence-corrected chi connectivity index (χ4v) is 5.15. The zero-order chi connectivity index (χ0) is 25.8. The number of carbonyl (C=O) groups excluding carboxylic acids is 2. The molecule has 0 spiro atoms. The van der Waals surface area contributed by atoms with Crippen molar-refractivity contribution in [3.8, 4) is 11.8 Å². The summed E-state index contributed by atoms with van der Waals surface area (Å²) in [7, 11) is 0. The number of anilines is 1. The van der Waals surface area contributed by atoms with Crippen molar-refractivity contribution in [1.82, 2.24) is 4.90 Å². The maximum absolute atomic E-state index is 14.0. The molecule has 1 aliphatic carbocycles.